The highest BCUT2D eigenvalue weighted by molar-refractivity contribution is 6.63. The van der Waals surface area contributed by atoms with Gasteiger partial charge in [0.05, 0.1) is 38.7 Å². The first-order valence-corrected chi connectivity index (χ1v) is 10.5. The lowest BCUT2D eigenvalue weighted by Crippen LogP contribution is -2.41. The number of nitriles is 1. The third-order valence-corrected chi connectivity index (χ3v) is 6.63. The molecular weight excluding hydrogens is 406 g/mol. The molecular formula is C21H25BClFN4O2. The van der Waals surface area contributed by atoms with Gasteiger partial charge in [0.25, 0.3) is 0 Å². The highest BCUT2D eigenvalue weighted by Crippen LogP contribution is 2.40. The van der Waals surface area contributed by atoms with Gasteiger partial charge in [-0.1, -0.05) is 11.6 Å². The van der Waals surface area contributed by atoms with E-state index in [0.29, 0.717) is 16.8 Å². The molecule has 6 nitrogen and oxygen atoms in total. The highest BCUT2D eigenvalue weighted by atomic mass is 35.5. The first-order chi connectivity index (χ1) is 14.1. The van der Waals surface area contributed by atoms with E-state index in [1.54, 1.807) is 24.0 Å². The van der Waals surface area contributed by atoms with Crippen LogP contribution >= 0.6 is 11.6 Å². The molecule has 0 amide bonds. The Labute approximate surface area is 181 Å². The first kappa shape index (κ1) is 21.2. The van der Waals surface area contributed by atoms with Crippen LogP contribution < -0.4 is 10.4 Å². The van der Waals surface area contributed by atoms with Crippen molar-refractivity contribution >= 4 is 29.9 Å². The van der Waals surface area contributed by atoms with Crippen molar-refractivity contribution in [1.82, 2.24) is 9.78 Å². The molecule has 3 heterocycles. The molecule has 2 aromatic rings. The lowest BCUT2D eigenvalue weighted by molar-refractivity contribution is 0.00578. The van der Waals surface area contributed by atoms with E-state index >= 15 is 4.39 Å². The second-order valence-corrected chi connectivity index (χ2v) is 9.35. The van der Waals surface area contributed by atoms with Crippen LogP contribution in [0.3, 0.4) is 0 Å². The fourth-order valence-electron chi connectivity index (χ4n) is 4.00. The summed E-state index contributed by atoms with van der Waals surface area (Å²) in [6, 6.07) is 3.74. The van der Waals surface area contributed by atoms with E-state index in [9.17, 15) is 5.26 Å². The van der Waals surface area contributed by atoms with E-state index in [4.69, 9.17) is 20.9 Å². The van der Waals surface area contributed by atoms with Crippen LogP contribution in [0.15, 0.2) is 12.3 Å². The molecule has 1 aromatic carbocycles. The summed E-state index contributed by atoms with van der Waals surface area (Å²) in [4.78, 5) is 2.07. The van der Waals surface area contributed by atoms with Crippen LogP contribution in [0.4, 0.5) is 10.1 Å². The van der Waals surface area contributed by atoms with Crippen molar-refractivity contribution < 1.29 is 13.7 Å². The van der Waals surface area contributed by atoms with Crippen LogP contribution in [0.5, 0.6) is 0 Å². The van der Waals surface area contributed by atoms with E-state index in [0.717, 1.165) is 25.9 Å². The lowest BCUT2D eigenvalue weighted by atomic mass is 9.77. The second-order valence-electron chi connectivity index (χ2n) is 8.94. The molecule has 0 aliphatic carbocycles. The molecule has 0 unspecified atom stereocenters. The van der Waals surface area contributed by atoms with Crippen molar-refractivity contribution in [3.8, 4) is 17.3 Å². The maximum absolute atomic E-state index is 15.3. The molecule has 0 bridgehead atoms. The zero-order valence-electron chi connectivity index (χ0n) is 17.9. The van der Waals surface area contributed by atoms with Gasteiger partial charge in [-0.15, -0.1) is 0 Å². The molecule has 2 aliphatic rings. The molecule has 2 aliphatic heterocycles. The first-order valence-electron chi connectivity index (χ1n) is 10.1. The summed E-state index contributed by atoms with van der Waals surface area (Å²) in [6.07, 6.45) is 3.80. The Morgan fingerprint density at radius 1 is 1.20 bits per heavy atom. The van der Waals surface area contributed by atoms with Crippen molar-refractivity contribution in [2.24, 2.45) is 7.05 Å². The summed E-state index contributed by atoms with van der Waals surface area (Å²) in [7, 11) is 1.01. The molecule has 0 N–H and O–H groups in total. The Kier molecular flexibility index (Phi) is 5.12. The van der Waals surface area contributed by atoms with Gasteiger partial charge < -0.3 is 14.2 Å². The monoisotopic (exact) mass is 430 g/mol. The van der Waals surface area contributed by atoms with Gasteiger partial charge in [0, 0.05) is 31.8 Å². The Bertz CT molecular complexity index is 1020. The maximum atomic E-state index is 15.3. The summed E-state index contributed by atoms with van der Waals surface area (Å²) in [5, 5.41) is 14.4. The third-order valence-electron chi connectivity index (χ3n) is 6.36. The van der Waals surface area contributed by atoms with Crippen molar-refractivity contribution in [3.63, 3.8) is 0 Å². The van der Waals surface area contributed by atoms with Crippen molar-refractivity contribution in [1.29, 1.82) is 5.26 Å². The molecule has 0 atom stereocenters. The van der Waals surface area contributed by atoms with E-state index in [-0.39, 0.29) is 16.1 Å². The minimum atomic E-state index is -0.737. The largest absolute Gasteiger partial charge is 0.498 e. The van der Waals surface area contributed by atoms with Gasteiger partial charge in [0.1, 0.15) is 6.07 Å². The molecule has 0 radical (unpaired) electrons. The van der Waals surface area contributed by atoms with E-state index in [1.165, 1.54) is 0 Å². The number of hydrogen-bond donors (Lipinski definition) is 0. The fourth-order valence-corrected chi connectivity index (χ4v) is 4.20. The molecule has 2 fully saturated rings. The quantitative estimate of drug-likeness (QED) is 0.696. The normalized spacial score (nSPS) is 20.1. The molecule has 4 rings (SSSR count). The number of benzene rings is 1. The zero-order chi connectivity index (χ0) is 21.8. The van der Waals surface area contributed by atoms with Gasteiger partial charge in [0.15, 0.2) is 5.82 Å². The SMILES string of the molecule is Cn1cc(B2OC(C)(C)C(C)(C)O2)c(-c2c(F)c(Cl)cc(N3CCCC3)c2C#N)n1. The number of hydrogen-bond acceptors (Lipinski definition) is 5. The van der Waals surface area contributed by atoms with Gasteiger partial charge in [-0.05, 0) is 46.6 Å². The van der Waals surface area contributed by atoms with Crippen LogP contribution in [0, 0.1) is 17.1 Å². The van der Waals surface area contributed by atoms with Crippen molar-refractivity contribution in [3.05, 3.63) is 28.7 Å². The average molecular weight is 431 g/mol. The van der Waals surface area contributed by atoms with Gasteiger partial charge in [-0.25, -0.2) is 4.39 Å². The smallest absolute Gasteiger partial charge is 0.399 e. The number of aromatic nitrogens is 2. The fraction of sp³-hybridized carbons (Fsp3) is 0.524. The number of nitrogens with zero attached hydrogens (tertiary/aromatic N) is 4. The average Bonchev–Trinajstić information content (AvgIpc) is 3.36. The third kappa shape index (κ3) is 3.29. The van der Waals surface area contributed by atoms with Crippen LogP contribution in [0.2, 0.25) is 5.02 Å². The number of rotatable bonds is 3. The van der Waals surface area contributed by atoms with Crippen LogP contribution in [-0.2, 0) is 16.4 Å². The van der Waals surface area contributed by atoms with Gasteiger partial charge in [-0.2, -0.15) is 10.4 Å². The van der Waals surface area contributed by atoms with E-state index in [1.807, 2.05) is 27.7 Å². The highest BCUT2D eigenvalue weighted by Gasteiger charge is 2.53. The molecule has 9 heteroatoms. The Morgan fingerprint density at radius 2 is 1.80 bits per heavy atom. The molecule has 0 saturated carbocycles. The van der Waals surface area contributed by atoms with Crippen LogP contribution in [-0.4, -0.2) is 41.2 Å². The zero-order valence-corrected chi connectivity index (χ0v) is 18.7. The van der Waals surface area contributed by atoms with E-state index in [2.05, 4.69) is 16.1 Å². The number of anilines is 1. The predicted molar refractivity (Wildman–Crippen MR) is 115 cm³/mol. The number of aryl methyl sites for hydroxylation is 1. The van der Waals surface area contributed by atoms with Crippen LogP contribution in [0.1, 0.15) is 46.1 Å². The van der Waals surface area contributed by atoms with Gasteiger partial charge >= 0.3 is 7.12 Å². The molecule has 1 aromatic heterocycles. The van der Waals surface area contributed by atoms with Gasteiger partial charge in [-0.3, -0.25) is 4.68 Å². The summed E-state index contributed by atoms with van der Waals surface area (Å²) >= 11 is 6.28. The minimum Gasteiger partial charge on any atom is -0.399 e. The summed E-state index contributed by atoms with van der Waals surface area (Å²) < 4.78 is 29.3. The molecule has 2 saturated heterocycles. The molecule has 158 valence electrons. The van der Waals surface area contributed by atoms with E-state index < -0.39 is 24.1 Å². The Hall–Kier alpha value is -2.08. The summed E-state index contributed by atoms with van der Waals surface area (Å²) in [5.74, 6) is -0.660. The van der Waals surface area contributed by atoms with Gasteiger partial charge in [0.2, 0.25) is 0 Å². The maximum Gasteiger partial charge on any atom is 0.498 e. The second kappa shape index (κ2) is 7.26. The molecule has 30 heavy (non-hydrogen) atoms. The Morgan fingerprint density at radius 3 is 2.37 bits per heavy atom. The topological polar surface area (TPSA) is 63.3 Å². The minimum absolute atomic E-state index is 0.0311. The lowest BCUT2D eigenvalue weighted by Gasteiger charge is -2.32. The van der Waals surface area contributed by atoms with Crippen molar-refractivity contribution in [2.45, 2.75) is 51.7 Å². The number of halogens is 2. The van der Waals surface area contributed by atoms with Crippen LogP contribution in [0.25, 0.3) is 11.3 Å². The van der Waals surface area contributed by atoms with Crippen molar-refractivity contribution in [2.75, 3.05) is 18.0 Å². The summed E-state index contributed by atoms with van der Waals surface area (Å²) in [6.45, 7) is 9.43. The molecule has 0 spiro atoms. The summed E-state index contributed by atoms with van der Waals surface area (Å²) in [5.41, 5.74) is 0.732. The standard InChI is InChI=1S/C21H25BClFN4O2/c1-20(2)21(3,4)30-22(29-20)14-12-27(5)26-19(14)17-13(11-25)16(10-15(23)18(17)24)28-8-6-7-9-28/h10,12H,6-9H2,1-5H3. The Balaban J connectivity index is 1.90. The predicted octanol–water partition coefficient (Wildman–Crippen LogP) is 3.65.